The molecule has 0 atom stereocenters. The molecule has 0 unspecified atom stereocenters. The van der Waals surface area contributed by atoms with Gasteiger partial charge in [0, 0.05) is 18.0 Å². The normalized spacial score (nSPS) is 18.6. The van der Waals surface area contributed by atoms with Gasteiger partial charge < -0.3 is 15.7 Å². The van der Waals surface area contributed by atoms with Gasteiger partial charge in [-0.05, 0) is 56.2 Å². The minimum atomic E-state index is -0.153. The van der Waals surface area contributed by atoms with Crippen LogP contribution in [0.25, 0.3) is 0 Å². The van der Waals surface area contributed by atoms with Gasteiger partial charge in [0.05, 0.1) is 22.3 Å². The molecule has 3 N–H and O–H groups in total. The summed E-state index contributed by atoms with van der Waals surface area (Å²) in [5.41, 5.74) is 7.86. The van der Waals surface area contributed by atoms with E-state index in [0.29, 0.717) is 15.7 Å². The van der Waals surface area contributed by atoms with Crippen molar-refractivity contribution in [3.63, 3.8) is 0 Å². The first-order valence-electron chi connectivity index (χ1n) is 10.5. The van der Waals surface area contributed by atoms with Gasteiger partial charge >= 0.3 is 0 Å². The van der Waals surface area contributed by atoms with Crippen molar-refractivity contribution in [2.45, 2.75) is 55.6 Å². The molecule has 1 aliphatic carbocycles. The van der Waals surface area contributed by atoms with E-state index in [2.05, 4.69) is 4.90 Å². The van der Waals surface area contributed by atoms with E-state index in [4.69, 9.17) is 38.9 Å². The number of anilines is 1. The molecule has 2 heterocycles. The fraction of sp³-hybridized carbons (Fsp3) is 0.545. The smallest absolute Gasteiger partial charge is 0.153 e. The predicted octanol–water partition coefficient (Wildman–Crippen LogP) is 5.08. The van der Waals surface area contributed by atoms with Crippen molar-refractivity contribution >= 4 is 40.8 Å². The van der Waals surface area contributed by atoms with E-state index in [-0.39, 0.29) is 12.0 Å². The summed E-state index contributed by atoms with van der Waals surface area (Å²) in [6.45, 7) is 4.35. The van der Waals surface area contributed by atoms with Gasteiger partial charge in [-0.2, -0.15) is 0 Å². The van der Waals surface area contributed by atoms with E-state index in [1.54, 1.807) is 6.07 Å². The first-order chi connectivity index (χ1) is 14.4. The van der Waals surface area contributed by atoms with Gasteiger partial charge in [0.25, 0.3) is 0 Å². The third-order valence-electron chi connectivity index (χ3n) is 6.33. The maximum atomic E-state index is 10.00. The Morgan fingerprint density at radius 3 is 2.60 bits per heavy atom. The van der Waals surface area contributed by atoms with Gasteiger partial charge in [-0.3, -0.25) is 0 Å². The molecule has 4 rings (SSSR count). The number of nitrogens with zero attached hydrogens (tertiary/aromatic N) is 3. The number of benzene rings is 1. The Morgan fingerprint density at radius 2 is 1.97 bits per heavy atom. The number of rotatable bonds is 7. The van der Waals surface area contributed by atoms with E-state index in [1.807, 2.05) is 19.1 Å². The lowest BCUT2D eigenvalue weighted by Crippen LogP contribution is -2.45. The summed E-state index contributed by atoms with van der Waals surface area (Å²) >= 11 is 13.9. The van der Waals surface area contributed by atoms with Crippen LogP contribution in [-0.4, -0.2) is 34.7 Å². The summed E-state index contributed by atoms with van der Waals surface area (Å²) in [6, 6.07) is 5.53. The summed E-state index contributed by atoms with van der Waals surface area (Å²) in [6.07, 6.45) is 6.12. The van der Waals surface area contributed by atoms with Crippen LogP contribution in [0.3, 0.4) is 0 Å². The second kappa shape index (κ2) is 9.21. The van der Waals surface area contributed by atoms with Crippen LogP contribution in [0.15, 0.2) is 28.1 Å². The van der Waals surface area contributed by atoms with Crippen molar-refractivity contribution in [3.8, 4) is 0 Å². The highest BCUT2D eigenvalue weighted by molar-refractivity contribution is 7.99. The number of hydrogen-bond donors (Lipinski definition) is 2. The Hall–Kier alpha value is -1.05. The summed E-state index contributed by atoms with van der Waals surface area (Å²) in [5, 5.41) is 11.7. The summed E-state index contributed by atoms with van der Waals surface area (Å²) < 4.78 is 0. The van der Waals surface area contributed by atoms with Crippen LogP contribution in [-0.2, 0) is 6.61 Å². The van der Waals surface area contributed by atoms with E-state index < -0.39 is 0 Å². The van der Waals surface area contributed by atoms with Crippen LogP contribution in [0.1, 0.15) is 43.5 Å². The standard InChI is InChI=1S/C22H28Cl2N4OS/c1-14-21(30-18-4-2-3-16(23)19(18)24)27-17(12-29)20(26-14)28-9-7-22(13-25,8-10-28)11-15-5-6-15/h2-4,15,29H,5-13,25H2,1H3. The minimum Gasteiger partial charge on any atom is -0.390 e. The number of aryl methyl sites for hydroxylation is 1. The minimum absolute atomic E-state index is 0.153. The molecule has 162 valence electrons. The molecule has 8 heteroatoms. The highest BCUT2D eigenvalue weighted by atomic mass is 35.5. The molecule has 1 saturated heterocycles. The lowest BCUT2D eigenvalue weighted by molar-refractivity contribution is 0.196. The first-order valence-corrected chi connectivity index (χ1v) is 12.1. The molecule has 1 aromatic carbocycles. The van der Waals surface area contributed by atoms with Crippen LogP contribution < -0.4 is 10.6 Å². The zero-order valence-corrected chi connectivity index (χ0v) is 19.5. The fourth-order valence-corrected chi connectivity index (χ4v) is 5.64. The number of aliphatic hydroxyl groups excluding tert-OH is 1. The highest BCUT2D eigenvalue weighted by Gasteiger charge is 2.39. The molecular weight excluding hydrogens is 439 g/mol. The molecule has 1 saturated carbocycles. The maximum absolute atomic E-state index is 10.00. The van der Waals surface area contributed by atoms with E-state index >= 15 is 0 Å². The fourth-order valence-electron chi connectivity index (χ4n) is 4.27. The molecule has 30 heavy (non-hydrogen) atoms. The number of nitrogens with two attached hydrogens (primary N) is 1. The SMILES string of the molecule is Cc1nc(N2CCC(CN)(CC3CC3)CC2)c(CO)nc1Sc1cccc(Cl)c1Cl. The van der Waals surface area contributed by atoms with Crippen molar-refractivity contribution in [1.29, 1.82) is 0 Å². The van der Waals surface area contributed by atoms with Gasteiger partial charge in [-0.1, -0.05) is 53.9 Å². The van der Waals surface area contributed by atoms with Crippen LogP contribution in [0.5, 0.6) is 0 Å². The molecule has 0 bridgehead atoms. The Bertz CT molecular complexity index is 914. The molecule has 0 amide bonds. The molecular formula is C22H28Cl2N4OS. The van der Waals surface area contributed by atoms with Gasteiger partial charge in [0.15, 0.2) is 5.82 Å². The second-order valence-electron chi connectivity index (χ2n) is 8.54. The molecule has 2 aliphatic rings. The molecule has 0 spiro atoms. The van der Waals surface area contributed by atoms with Crippen molar-refractivity contribution in [1.82, 2.24) is 9.97 Å². The second-order valence-corrected chi connectivity index (χ2v) is 10.4. The Balaban J connectivity index is 1.53. The summed E-state index contributed by atoms with van der Waals surface area (Å²) in [5.74, 6) is 1.67. The summed E-state index contributed by atoms with van der Waals surface area (Å²) in [4.78, 5) is 12.6. The quantitative estimate of drug-likeness (QED) is 0.592. The van der Waals surface area contributed by atoms with E-state index in [0.717, 1.165) is 59.8 Å². The van der Waals surface area contributed by atoms with Gasteiger partial charge in [0.2, 0.25) is 0 Å². The third kappa shape index (κ3) is 4.73. The van der Waals surface area contributed by atoms with Crippen LogP contribution >= 0.6 is 35.0 Å². The van der Waals surface area contributed by atoms with Crippen molar-refractivity contribution in [2.24, 2.45) is 17.1 Å². The molecule has 1 aliphatic heterocycles. The average Bonchev–Trinajstić information content (AvgIpc) is 3.57. The number of halogens is 2. The first kappa shape index (κ1) is 22.2. The number of hydrogen-bond acceptors (Lipinski definition) is 6. The topological polar surface area (TPSA) is 75.3 Å². The van der Waals surface area contributed by atoms with Gasteiger partial charge in [-0.25, -0.2) is 9.97 Å². The van der Waals surface area contributed by atoms with Gasteiger partial charge in [-0.15, -0.1) is 0 Å². The average molecular weight is 467 g/mol. The molecule has 0 radical (unpaired) electrons. The monoisotopic (exact) mass is 466 g/mol. The zero-order valence-electron chi connectivity index (χ0n) is 17.2. The summed E-state index contributed by atoms with van der Waals surface area (Å²) in [7, 11) is 0. The van der Waals surface area contributed by atoms with Crippen molar-refractivity contribution in [2.75, 3.05) is 24.5 Å². The zero-order chi connectivity index (χ0) is 21.3. The van der Waals surface area contributed by atoms with Crippen LogP contribution in [0, 0.1) is 18.3 Å². The molecule has 2 fully saturated rings. The molecule has 2 aromatic rings. The van der Waals surface area contributed by atoms with Crippen molar-refractivity contribution < 1.29 is 5.11 Å². The predicted molar refractivity (Wildman–Crippen MR) is 124 cm³/mol. The number of aromatic nitrogens is 2. The number of aliphatic hydroxyl groups is 1. The van der Waals surface area contributed by atoms with E-state index in [1.165, 1.54) is 31.0 Å². The van der Waals surface area contributed by atoms with Crippen LogP contribution in [0.4, 0.5) is 5.82 Å². The Kier molecular flexibility index (Phi) is 6.80. The van der Waals surface area contributed by atoms with Crippen LogP contribution in [0.2, 0.25) is 10.0 Å². The molecule has 1 aromatic heterocycles. The lowest BCUT2D eigenvalue weighted by Gasteiger charge is -2.42. The maximum Gasteiger partial charge on any atom is 0.153 e. The Morgan fingerprint density at radius 1 is 1.23 bits per heavy atom. The third-order valence-corrected chi connectivity index (χ3v) is 8.40. The van der Waals surface area contributed by atoms with Crippen molar-refractivity contribution in [3.05, 3.63) is 39.6 Å². The molecule has 5 nitrogen and oxygen atoms in total. The largest absolute Gasteiger partial charge is 0.390 e. The van der Waals surface area contributed by atoms with E-state index in [9.17, 15) is 5.11 Å². The lowest BCUT2D eigenvalue weighted by atomic mass is 9.74. The Labute approximate surface area is 192 Å². The van der Waals surface area contributed by atoms with Gasteiger partial charge in [0.1, 0.15) is 10.7 Å². The number of piperidine rings is 1. The highest BCUT2D eigenvalue weighted by Crippen LogP contribution is 2.46.